The van der Waals surface area contributed by atoms with E-state index in [2.05, 4.69) is 16.5 Å². The van der Waals surface area contributed by atoms with Gasteiger partial charge in [-0.3, -0.25) is 0 Å². The predicted molar refractivity (Wildman–Crippen MR) is 84.6 cm³/mol. The maximum absolute atomic E-state index is 13.7. The van der Waals surface area contributed by atoms with E-state index in [0.717, 1.165) is 17.8 Å². The Kier molecular flexibility index (Phi) is 3.02. The number of hydrogen-bond acceptors (Lipinski definition) is 3. The third-order valence-electron chi connectivity index (χ3n) is 7.13. The molecule has 6 heteroatoms. The summed E-state index contributed by atoms with van der Waals surface area (Å²) in [5.41, 5.74) is 0.527. The molecule has 1 aromatic rings. The van der Waals surface area contributed by atoms with Gasteiger partial charge in [-0.2, -0.15) is 10.4 Å². The van der Waals surface area contributed by atoms with Gasteiger partial charge in [-0.15, -0.1) is 0 Å². The lowest BCUT2D eigenvalue weighted by Crippen LogP contribution is -2.56. The summed E-state index contributed by atoms with van der Waals surface area (Å²) in [6, 6.07) is 1.23. The van der Waals surface area contributed by atoms with E-state index in [1.165, 1.54) is 49.4 Å². The first kappa shape index (κ1) is 14.7. The van der Waals surface area contributed by atoms with Crippen molar-refractivity contribution < 1.29 is 8.78 Å². The second-order valence-electron chi connectivity index (χ2n) is 8.58. The van der Waals surface area contributed by atoms with E-state index in [1.54, 1.807) is 0 Å². The molecule has 0 aromatic carbocycles. The molecule has 2 unspecified atom stereocenters. The van der Waals surface area contributed by atoms with Gasteiger partial charge in [-0.05, 0) is 68.1 Å². The molecule has 24 heavy (non-hydrogen) atoms. The van der Waals surface area contributed by atoms with E-state index in [9.17, 15) is 14.0 Å². The van der Waals surface area contributed by atoms with Gasteiger partial charge in [0.05, 0.1) is 6.20 Å². The molecule has 4 fully saturated rings. The highest BCUT2D eigenvalue weighted by atomic mass is 19.3. The second kappa shape index (κ2) is 4.93. The lowest BCUT2D eigenvalue weighted by molar-refractivity contribution is -0.0723. The SMILES string of the molecule is N#Cc1cnn2c1NC(C13CC4CC(CC(C4)C1)C3)CC2C(F)F. The van der Waals surface area contributed by atoms with Crippen LogP contribution in [0.25, 0.3) is 0 Å². The fourth-order valence-electron chi connectivity index (χ4n) is 6.62. The maximum atomic E-state index is 13.7. The zero-order valence-corrected chi connectivity index (χ0v) is 13.6. The number of hydrogen-bond donors (Lipinski definition) is 1. The molecule has 1 aliphatic heterocycles. The largest absolute Gasteiger partial charge is 0.366 e. The van der Waals surface area contributed by atoms with Crippen LogP contribution in [0.1, 0.15) is 56.6 Å². The van der Waals surface area contributed by atoms with Crippen molar-refractivity contribution in [3.63, 3.8) is 0 Å². The van der Waals surface area contributed by atoms with Gasteiger partial charge < -0.3 is 5.32 Å². The summed E-state index contributed by atoms with van der Waals surface area (Å²) in [5.74, 6) is 2.86. The minimum Gasteiger partial charge on any atom is -0.366 e. The zero-order chi connectivity index (χ0) is 16.5. The fourth-order valence-corrected chi connectivity index (χ4v) is 6.62. The lowest BCUT2D eigenvalue weighted by Gasteiger charge is -2.60. The number of nitrogens with zero attached hydrogens (tertiary/aromatic N) is 3. The van der Waals surface area contributed by atoms with Gasteiger partial charge in [0.25, 0.3) is 6.43 Å². The molecule has 2 atom stereocenters. The van der Waals surface area contributed by atoms with Crippen LogP contribution in [0.2, 0.25) is 0 Å². The van der Waals surface area contributed by atoms with Gasteiger partial charge in [0.1, 0.15) is 23.5 Å². The average Bonchev–Trinajstić information content (AvgIpc) is 2.95. The van der Waals surface area contributed by atoms with Crippen LogP contribution < -0.4 is 5.32 Å². The van der Waals surface area contributed by atoms with Gasteiger partial charge in [0, 0.05) is 6.04 Å². The summed E-state index contributed by atoms with van der Waals surface area (Å²) in [6.07, 6.45) is 6.91. The number of rotatable bonds is 2. The van der Waals surface area contributed by atoms with Crippen molar-refractivity contribution >= 4 is 5.82 Å². The van der Waals surface area contributed by atoms with Gasteiger partial charge in [0.15, 0.2) is 0 Å². The maximum Gasteiger partial charge on any atom is 0.260 e. The molecular formula is C18H22F2N4. The first-order chi connectivity index (χ1) is 11.6. The van der Waals surface area contributed by atoms with E-state index in [0.29, 0.717) is 17.8 Å². The minimum atomic E-state index is -2.45. The summed E-state index contributed by atoms with van der Waals surface area (Å²) in [4.78, 5) is 0. The molecule has 4 nitrogen and oxygen atoms in total. The molecule has 1 aromatic heterocycles. The normalized spacial score (nSPS) is 42.7. The van der Waals surface area contributed by atoms with Crippen molar-refractivity contribution in [1.29, 1.82) is 5.26 Å². The smallest absolute Gasteiger partial charge is 0.260 e. The molecule has 0 saturated heterocycles. The Hall–Kier alpha value is -1.64. The Morgan fingerprint density at radius 2 is 1.79 bits per heavy atom. The quantitative estimate of drug-likeness (QED) is 0.892. The highest BCUT2D eigenvalue weighted by molar-refractivity contribution is 5.54. The Bertz CT molecular complexity index is 669. The van der Waals surface area contributed by atoms with Crippen LogP contribution in [0.15, 0.2) is 6.20 Å². The summed E-state index contributed by atoms with van der Waals surface area (Å²) in [5, 5.41) is 16.8. The van der Waals surface area contributed by atoms with E-state index in [-0.39, 0.29) is 11.5 Å². The molecule has 0 spiro atoms. The number of fused-ring (bicyclic) bond motifs is 1. The zero-order valence-electron chi connectivity index (χ0n) is 13.6. The minimum absolute atomic E-state index is 0.0428. The Labute approximate surface area is 140 Å². The van der Waals surface area contributed by atoms with Crippen LogP contribution in [0, 0.1) is 34.5 Å². The molecule has 5 aliphatic rings. The van der Waals surface area contributed by atoms with Crippen LogP contribution in [0.3, 0.4) is 0 Å². The van der Waals surface area contributed by atoms with Gasteiger partial charge in [0.2, 0.25) is 0 Å². The van der Waals surface area contributed by atoms with Crippen LogP contribution in [-0.4, -0.2) is 22.2 Å². The number of alkyl halides is 2. The second-order valence-corrected chi connectivity index (χ2v) is 8.58. The number of aromatic nitrogens is 2. The Morgan fingerprint density at radius 3 is 2.33 bits per heavy atom. The molecule has 128 valence electrons. The molecule has 1 N–H and O–H groups in total. The highest BCUT2D eigenvalue weighted by Gasteiger charge is 2.56. The number of nitrogens with one attached hydrogen (secondary N) is 1. The van der Waals surface area contributed by atoms with Crippen molar-refractivity contribution in [2.24, 2.45) is 23.2 Å². The van der Waals surface area contributed by atoms with Crippen LogP contribution >= 0.6 is 0 Å². The van der Waals surface area contributed by atoms with E-state index in [1.807, 2.05) is 0 Å². The summed E-state index contributed by atoms with van der Waals surface area (Å²) in [7, 11) is 0. The van der Waals surface area contributed by atoms with Crippen molar-refractivity contribution in [3.8, 4) is 6.07 Å². The van der Waals surface area contributed by atoms with Crippen LogP contribution in [0.5, 0.6) is 0 Å². The van der Waals surface area contributed by atoms with E-state index in [4.69, 9.17) is 0 Å². The van der Waals surface area contributed by atoms with Crippen molar-refractivity contribution in [2.75, 3.05) is 5.32 Å². The lowest BCUT2D eigenvalue weighted by atomic mass is 9.47. The summed E-state index contributed by atoms with van der Waals surface area (Å²) < 4.78 is 28.7. The van der Waals surface area contributed by atoms with E-state index >= 15 is 0 Å². The molecular weight excluding hydrogens is 310 g/mol. The van der Waals surface area contributed by atoms with Crippen molar-refractivity contribution in [1.82, 2.24) is 9.78 Å². The fraction of sp³-hybridized carbons (Fsp3) is 0.778. The standard InChI is InChI=1S/C18H22F2N4/c19-16(20)14-4-15(23-17-13(8-21)9-22-24(14)17)18-5-10-1-11(6-18)3-12(2-10)7-18/h9-12,14-16,23H,1-7H2. The predicted octanol–water partition coefficient (Wildman–Crippen LogP) is 3.96. The Balaban J connectivity index is 1.52. The summed E-state index contributed by atoms with van der Waals surface area (Å²) >= 11 is 0. The molecule has 4 aliphatic carbocycles. The highest BCUT2D eigenvalue weighted by Crippen LogP contribution is 2.62. The van der Waals surface area contributed by atoms with Crippen molar-refractivity contribution in [2.45, 2.75) is 63.5 Å². The van der Waals surface area contributed by atoms with Gasteiger partial charge in [-0.1, -0.05) is 0 Å². The first-order valence-corrected chi connectivity index (χ1v) is 9.10. The molecule has 2 heterocycles. The van der Waals surface area contributed by atoms with Crippen molar-refractivity contribution in [3.05, 3.63) is 11.8 Å². The number of halogens is 2. The number of nitriles is 1. The first-order valence-electron chi connectivity index (χ1n) is 9.10. The molecule has 0 amide bonds. The molecule has 6 rings (SSSR count). The monoisotopic (exact) mass is 332 g/mol. The van der Waals surface area contributed by atoms with Crippen LogP contribution in [-0.2, 0) is 0 Å². The average molecular weight is 332 g/mol. The number of anilines is 1. The summed E-state index contributed by atoms with van der Waals surface area (Å²) in [6.45, 7) is 0. The molecule has 0 radical (unpaired) electrons. The van der Waals surface area contributed by atoms with Crippen LogP contribution in [0.4, 0.5) is 14.6 Å². The topological polar surface area (TPSA) is 53.6 Å². The third-order valence-corrected chi connectivity index (χ3v) is 7.13. The van der Waals surface area contributed by atoms with Gasteiger partial charge in [-0.25, -0.2) is 13.5 Å². The van der Waals surface area contributed by atoms with E-state index < -0.39 is 12.5 Å². The van der Waals surface area contributed by atoms with Gasteiger partial charge >= 0.3 is 0 Å². The molecule has 4 saturated carbocycles. The Morgan fingerprint density at radius 1 is 1.17 bits per heavy atom. The third kappa shape index (κ3) is 1.96. The molecule has 4 bridgehead atoms.